The highest BCUT2D eigenvalue weighted by Gasteiger charge is 2.58. The molecule has 190 valence electrons. The van der Waals surface area contributed by atoms with Crippen LogP contribution in [0.5, 0.6) is 5.75 Å². The number of carbonyl (C=O) groups is 2. The summed E-state index contributed by atoms with van der Waals surface area (Å²) in [6, 6.07) is 6.39. The van der Waals surface area contributed by atoms with Gasteiger partial charge in [0.15, 0.2) is 9.84 Å². The first kappa shape index (κ1) is 25.6. The van der Waals surface area contributed by atoms with Gasteiger partial charge in [-0.2, -0.15) is 0 Å². The van der Waals surface area contributed by atoms with Crippen LogP contribution in [0.4, 0.5) is 10.5 Å². The van der Waals surface area contributed by atoms with Crippen LogP contribution in [0.25, 0.3) is 6.08 Å². The fraction of sp³-hybridized carbons (Fsp3) is 0.333. The van der Waals surface area contributed by atoms with Crippen LogP contribution >= 0.6 is 11.6 Å². The predicted octanol–water partition coefficient (Wildman–Crippen LogP) is 3.87. The number of benzene rings is 1. The standard InChI is InChI=1S/C24H25ClN4O6S/c1-5-13-10-14(25)12-26-19(13)20(30)27-15-6-7-17-16(11-15)24(4)18(8-9-35-17)36(33,34)23(2,3)21(29-24)28-22(31)32/h5-7,10-12,18H,1,8-9H2,2-4H3,(H,27,30)(H,28,29)(H,31,32)/t18-,24-/m1/s1. The molecule has 1 aromatic carbocycles. The number of hydrogen-bond acceptors (Lipinski definition) is 7. The molecule has 0 aliphatic carbocycles. The highest BCUT2D eigenvalue weighted by Crippen LogP contribution is 2.48. The molecule has 10 nitrogen and oxygen atoms in total. The Morgan fingerprint density at radius 3 is 2.64 bits per heavy atom. The molecule has 2 aliphatic rings. The minimum Gasteiger partial charge on any atom is -0.493 e. The quantitative estimate of drug-likeness (QED) is 0.543. The molecule has 0 bridgehead atoms. The van der Waals surface area contributed by atoms with Crippen LogP contribution in [-0.4, -0.2) is 52.9 Å². The topological polar surface area (TPSA) is 147 Å². The maximum atomic E-state index is 13.7. The molecule has 2 aliphatic heterocycles. The average molecular weight is 533 g/mol. The summed E-state index contributed by atoms with van der Waals surface area (Å²) >= 11 is 5.96. The van der Waals surface area contributed by atoms with Gasteiger partial charge in [-0.05, 0) is 45.0 Å². The Hall–Kier alpha value is -3.44. The van der Waals surface area contributed by atoms with E-state index in [9.17, 15) is 23.1 Å². The van der Waals surface area contributed by atoms with Crippen molar-refractivity contribution in [2.45, 2.75) is 42.7 Å². The second-order valence-corrected chi connectivity index (χ2v) is 12.3. The first-order chi connectivity index (χ1) is 16.8. The van der Waals surface area contributed by atoms with Gasteiger partial charge >= 0.3 is 6.09 Å². The zero-order valence-electron chi connectivity index (χ0n) is 19.8. The summed E-state index contributed by atoms with van der Waals surface area (Å²) < 4.78 is 31.7. The Morgan fingerprint density at radius 2 is 1.97 bits per heavy atom. The van der Waals surface area contributed by atoms with E-state index in [1.54, 1.807) is 31.2 Å². The predicted molar refractivity (Wildman–Crippen MR) is 137 cm³/mol. The number of aromatic nitrogens is 1. The molecule has 0 spiro atoms. The molecule has 0 saturated carbocycles. The number of amidine groups is 1. The third-order valence-electron chi connectivity index (χ3n) is 6.59. The molecule has 1 aromatic heterocycles. The molecule has 36 heavy (non-hydrogen) atoms. The zero-order chi connectivity index (χ0) is 26.5. The molecule has 2 amide bonds. The van der Waals surface area contributed by atoms with Crippen molar-refractivity contribution in [1.82, 2.24) is 10.3 Å². The van der Waals surface area contributed by atoms with E-state index in [1.807, 2.05) is 0 Å². The number of carbonyl (C=O) groups excluding carboxylic acids is 1. The lowest BCUT2D eigenvalue weighted by Gasteiger charge is -2.44. The third kappa shape index (κ3) is 4.11. The molecule has 3 N–H and O–H groups in total. The summed E-state index contributed by atoms with van der Waals surface area (Å²) in [5.41, 5.74) is -0.0816. The second kappa shape index (κ2) is 8.90. The van der Waals surface area contributed by atoms with Gasteiger partial charge < -0.3 is 15.2 Å². The minimum absolute atomic E-state index is 0.109. The summed E-state index contributed by atoms with van der Waals surface area (Å²) in [7, 11) is -3.93. The number of ether oxygens (including phenoxy) is 1. The summed E-state index contributed by atoms with van der Waals surface area (Å²) in [6.45, 7) is 8.29. The van der Waals surface area contributed by atoms with Crippen molar-refractivity contribution >= 4 is 51.0 Å². The van der Waals surface area contributed by atoms with Crippen LogP contribution in [0.3, 0.4) is 0 Å². The van der Waals surface area contributed by atoms with Gasteiger partial charge in [0.05, 0.1) is 16.9 Å². The lowest BCUT2D eigenvalue weighted by atomic mass is 9.86. The van der Waals surface area contributed by atoms with E-state index >= 15 is 0 Å². The van der Waals surface area contributed by atoms with Crippen LogP contribution in [0.15, 0.2) is 42.0 Å². The van der Waals surface area contributed by atoms with Gasteiger partial charge in [-0.1, -0.05) is 24.3 Å². The van der Waals surface area contributed by atoms with Gasteiger partial charge in [0.2, 0.25) is 0 Å². The van der Waals surface area contributed by atoms with Crippen molar-refractivity contribution in [2.24, 2.45) is 4.99 Å². The van der Waals surface area contributed by atoms with Gasteiger partial charge in [-0.25, -0.2) is 18.2 Å². The van der Waals surface area contributed by atoms with Crippen LogP contribution in [0, 0.1) is 0 Å². The third-order valence-corrected chi connectivity index (χ3v) is 9.86. The summed E-state index contributed by atoms with van der Waals surface area (Å²) in [4.78, 5) is 33.2. The number of nitrogens with one attached hydrogen (secondary N) is 2. The van der Waals surface area contributed by atoms with Gasteiger partial charge in [0, 0.05) is 29.4 Å². The van der Waals surface area contributed by atoms with Crippen molar-refractivity contribution in [1.29, 1.82) is 0 Å². The Bertz CT molecular complexity index is 1420. The van der Waals surface area contributed by atoms with E-state index in [0.717, 1.165) is 0 Å². The highest BCUT2D eigenvalue weighted by molar-refractivity contribution is 7.94. The van der Waals surface area contributed by atoms with E-state index in [4.69, 9.17) is 16.3 Å². The Balaban J connectivity index is 1.82. The number of rotatable bonds is 3. The van der Waals surface area contributed by atoms with E-state index in [-0.39, 0.29) is 24.6 Å². The second-order valence-electron chi connectivity index (χ2n) is 9.18. The summed E-state index contributed by atoms with van der Waals surface area (Å²) in [5.74, 6) is -0.313. The van der Waals surface area contributed by atoms with Crippen molar-refractivity contribution in [3.8, 4) is 5.75 Å². The average Bonchev–Trinajstić information content (AvgIpc) is 2.94. The van der Waals surface area contributed by atoms with Crippen molar-refractivity contribution < 1.29 is 27.9 Å². The van der Waals surface area contributed by atoms with Crippen molar-refractivity contribution in [2.75, 3.05) is 11.9 Å². The molecule has 2 atom stereocenters. The van der Waals surface area contributed by atoms with Crippen LogP contribution < -0.4 is 15.4 Å². The molecule has 2 aromatic rings. The van der Waals surface area contributed by atoms with E-state index in [1.165, 1.54) is 26.1 Å². The lowest BCUT2D eigenvalue weighted by Crippen LogP contribution is -2.61. The summed E-state index contributed by atoms with van der Waals surface area (Å²) in [6.07, 6.45) is 1.55. The largest absolute Gasteiger partial charge is 0.493 e. The van der Waals surface area contributed by atoms with Gasteiger partial charge in [0.1, 0.15) is 27.6 Å². The molecule has 4 rings (SSSR count). The van der Waals surface area contributed by atoms with Gasteiger partial charge in [0.25, 0.3) is 5.91 Å². The Morgan fingerprint density at radius 1 is 1.25 bits per heavy atom. The first-order valence-corrected chi connectivity index (χ1v) is 12.9. The van der Waals surface area contributed by atoms with E-state index in [0.29, 0.717) is 27.6 Å². The number of amides is 2. The molecular weight excluding hydrogens is 508 g/mol. The summed E-state index contributed by atoms with van der Waals surface area (Å²) in [5, 5.41) is 13.6. The van der Waals surface area contributed by atoms with Crippen LogP contribution in [-0.2, 0) is 15.4 Å². The number of fused-ring (bicyclic) bond motifs is 3. The molecule has 0 unspecified atom stereocenters. The smallest absolute Gasteiger partial charge is 0.410 e. The zero-order valence-corrected chi connectivity index (χ0v) is 21.4. The Labute approximate surface area is 213 Å². The van der Waals surface area contributed by atoms with Crippen LogP contribution in [0.1, 0.15) is 48.8 Å². The number of anilines is 1. The molecule has 0 fully saturated rings. The first-order valence-electron chi connectivity index (χ1n) is 11.0. The number of hydrogen-bond donors (Lipinski definition) is 3. The monoisotopic (exact) mass is 532 g/mol. The maximum absolute atomic E-state index is 13.7. The molecular formula is C24H25ClN4O6S. The fourth-order valence-corrected chi connectivity index (χ4v) is 7.01. The van der Waals surface area contributed by atoms with E-state index in [2.05, 4.69) is 27.2 Å². The van der Waals surface area contributed by atoms with Crippen molar-refractivity contribution in [3.63, 3.8) is 0 Å². The number of carboxylic acid groups (broad SMARTS) is 1. The number of aliphatic imine (C=N–C) groups is 1. The van der Waals surface area contributed by atoms with E-state index < -0.39 is 37.4 Å². The fourth-order valence-electron chi connectivity index (χ4n) is 4.58. The SMILES string of the molecule is C=Cc1cc(Cl)cnc1C(=O)Nc1ccc2c(c1)[C@@]1(C)N=C(NC(=O)O)C(C)(C)S(=O)(=O)[C@@H]1CCO2. The lowest BCUT2D eigenvalue weighted by molar-refractivity contribution is 0.102. The number of halogens is 1. The van der Waals surface area contributed by atoms with Gasteiger partial charge in [-0.3, -0.25) is 15.1 Å². The van der Waals surface area contributed by atoms with Gasteiger partial charge in [-0.15, -0.1) is 0 Å². The van der Waals surface area contributed by atoms with Crippen molar-refractivity contribution in [3.05, 3.63) is 58.9 Å². The molecule has 3 heterocycles. The maximum Gasteiger partial charge on any atom is 0.410 e. The molecule has 0 saturated heterocycles. The normalized spacial score (nSPS) is 23.6. The number of nitrogens with zero attached hydrogens (tertiary/aromatic N) is 2. The highest BCUT2D eigenvalue weighted by atomic mass is 35.5. The minimum atomic E-state index is -3.93. The van der Waals surface area contributed by atoms with Crippen LogP contribution in [0.2, 0.25) is 5.02 Å². The molecule has 0 radical (unpaired) electrons. The number of pyridine rings is 1. The Kier molecular flexibility index (Phi) is 6.34. The number of sulfone groups is 1. The molecule has 12 heteroatoms.